The predicted octanol–water partition coefficient (Wildman–Crippen LogP) is 5.41. The Hall–Kier alpha value is -3.27. The van der Waals surface area contributed by atoms with Gasteiger partial charge in [0.25, 0.3) is 0 Å². The van der Waals surface area contributed by atoms with Crippen LogP contribution in [0.1, 0.15) is 22.5 Å². The fourth-order valence-electron chi connectivity index (χ4n) is 2.94. The number of aryl methyl sites for hydroxylation is 2. The van der Waals surface area contributed by atoms with Crippen molar-refractivity contribution in [3.63, 3.8) is 0 Å². The highest BCUT2D eigenvalue weighted by Gasteiger charge is 2.30. The number of allylic oxidation sites excluding steroid dienone is 1. The number of nitrogens with one attached hydrogen (secondary N) is 1. The molecule has 0 bridgehead atoms. The Morgan fingerprint density at radius 1 is 1.21 bits per heavy atom. The summed E-state index contributed by atoms with van der Waals surface area (Å²) in [4.78, 5) is 12.4. The zero-order chi connectivity index (χ0) is 24.0. The molecule has 0 aliphatic carbocycles. The molecule has 0 radical (unpaired) electrons. The van der Waals surface area contributed by atoms with E-state index in [0.29, 0.717) is 17.5 Å². The second-order valence-corrected chi connectivity index (χ2v) is 8.21. The third kappa shape index (κ3) is 6.61. The summed E-state index contributed by atoms with van der Waals surface area (Å²) in [5.41, 5.74) is 1.96. The maximum atomic E-state index is 12.9. The molecule has 2 aromatic carbocycles. The molecule has 1 N–H and O–H groups in total. The zero-order valence-corrected chi connectivity index (χ0v) is 19.0. The second kappa shape index (κ2) is 10.6. The summed E-state index contributed by atoms with van der Waals surface area (Å²) in [6.07, 6.45) is -2.82. The number of ether oxygens (including phenoxy) is 1. The maximum absolute atomic E-state index is 12.9. The molecule has 0 saturated heterocycles. The molecule has 1 heterocycles. The van der Waals surface area contributed by atoms with Gasteiger partial charge < -0.3 is 10.1 Å². The molecule has 0 aliphatic rings. The number of alkyl halides is 3. The molecule has 1 amide bonds. The number of benzene rings is 2. The van der Waals surface area contributed by atoms with Gasteiger partial charge in [-0.3, -0.25) is 9.36 Å². The fourth-order valence-corrected chi connectivity index (χ4v) is 3.71. The number of hydrogen-bond donors (Lipinski definition) is 1. The highest BCUT2D eigenvalue weighted by Crippen LogP contribution is 2.31. The number of nitrogens with zero attached hydrogens (tertiary/aromatic N) is 3. The first-order chi connectivity index (χ1) is 15.7. The Kier molecular flexibility index (Phi) is 7.80. The summed E-state index contributed by atoms with van der Waals surface area (Å²) in [5, 5.41) is 11.5. The van der Waals surface area contributed by atoms with Gasteiger partial charge >= 0.3 is 6.18 Å². The Balaban J connectivity index is 1.65. The third-order valence-electron chi connectivity index (χ3n) is 4.63. The van der Waals surface area contributed by atoms with Crippen molar-refractivity contribution in [1.82, 2.24) is 14.8 Å². The zero-order valence-electron chi connectivity index (χ0n) is 18.1. The van der Waals surface area contributed by atoms with E-state index in [1.165, 1.54) is 23.9 Å². The first-order valence-electron chi connectivity index (χ1n) is 10.0. The molecule has 0 atom stereocenters. The van der Waals surface area contributed by atoms with E-state index in [4.69, 9.17) is 4.74 Å². The summed E-state index contributed by atoms with van der Waals surface area (Å²) in [5.74, 6) is 0.394. The van der Waals surface area contributed by atoms with E-state index in [-0.39, 0.29) is 24.0 Å². The average molecular weight is 477 g/mol. The second-order valence-electron chi connectivity index (χ2n) is 7.27. The summed E-state index contributed by atoms with van der Waals surface area (Å²) in [6, 6.07) is 10.4. The van der Waals surface area contributed by atoms with Crippen LogP contribution in [0.25, 0.3) is 0 Å². The summed E-state index contributed by atoms with van der Waals surface area (Å²) in [7, 11) is 0. The molecule has 0 aliphatic heterocycles. The fraction of sp³-hybridized carbons (Fsp3) is 0.261. The standard InChI is InChI=1S/C23H23F3N4O2S/c1-4-10-30-20(13-32-18-7-5-6-17(12-18)23(24,25)26)28-29-22(30)33-14-21(31)27-19-11-15(2)8-9-16(19)3/h4-9,11-12H,1,10,13-14H2,2-3H3,(H,27,31). The Labute approximate surface area is 193 Å². The first-order valence-corrected chi connectivity index (χ1v) is 11.0. The number of hydrogen-bond acceptors (Lipinski definition) is 5. The van der Waals surface area contributed by atoms with Crippen LogP contribution in [0.15, 0.2) is 60.3 Å². The van der Waals surface area contributed by atoms with Crippen molar-refractivity contribution in [3.8, 4) is 5.75 Å². The van der Waals surface area contributed by atoms with E-state index in [9.17, 15) is 18.0 Å². The maximum Gasteiger partial charge on any atom is 0.416 e. The van der Waals surface area contributed by atoms with E-state index < -0.39 is 11.7 Å². The summed E-state index contributed by atoms with van der Waals surface area (Å²) >= 11 is 1.20. The lowest BCUT2D eigenvalue weighted by Crippen LogP contribution is -2.15. The van der Waals surface area contributed by atoms with E-state index in [2.05, 4.69) is 22.1 Å². The van der Waals surface area contributed by atoms with E-state index in [1.807, 2.05) is 32.0 Å². The largest absolute Gasteiger partial charge is 0.486 e. The highest BCUT2D eigenvalue weighted by atomic mass is 32.2. The normalized spacial score (nSPS) is 11.3. The number of rotatable bonds is 9. The number of carbonyl (C=O) groups is 1. The van der Waals surface area contributed by atoms with Gasteiger partial charge in [-0.15, -0.1) is 16.8 Å². The minimum atomic E-state index is -4.45. The Morgan fingerprint density at radius 3 is 2.73 bits per heavy atom. The number of amides is 1. The molecule has 33 heavy (non-hydrogen) atoms. The molecule has 0 saturated carbocycles. The molecule has 0 spiro atoms. The van der Waals surface area contributed by atoms with Crippen molar-refractivity contribution < 1.29 is 22.7 Å². The average Bonchev–Trinajstić information content (AvgIpc) is 3.15. The molecular weight excluding hydrogens is 453 g/mol. The number of thioether (sulfide) groups is 1. The van der Waals surface area contributed by atoms with Crippen LogP contribution in [-0.2, 0) is 24.1 Å². The molecule has 0 fully saturated rings. The quantitative estimate of drug-likeness (QED) is 0.330. The van der Waals surface area contributed by atoms with Gasteiger partial charge in [0.2, 0.25) is 5.91 Å². The molecule has 1 aromatic heterocycles. The van der Waals surface area contributed by atoms with Crippen LogP contribution < -0.4 is 10.1 Å². The molecule has 3 aromatic rings. The van der Waals surface area contributed by atoms with Gasteiger partial charge in [0.15, 0.2) is 11.0 Å². The van der Waals surface area contributed by atoms with E-state index in [1.54, 1.807) is 10.6 Å². The van der Waals surface area contributed by atoms with Gasteiger partial charge in [0, 0.05) is 12.2 Å². The number of anilines is 1. The van der Waals surface area contributed by atoms with Crippen molar-refractivity contribution in [2.45, 2.75) is 38.3 Å². The monoisotopic (exact) mass is 476 g/mol. The van der Waals surface area contributed by atoms with Crippen molar-refractivity contribution in [2.24, 2.45) is 0 Å². The SMILES string of the molecule is C=CCn1c(COc2cccc(C(F)(F)F)c2)nnc1SCC(=O)Nc1cc(C)ccc1C. The topological polar surface area (TPSA) is 69.0 Å². The predicted molar refractivity (Wildman–Crippen MR) is 121 cm³/mol. The molecule has 0 unspecified atom stereocenters. The minimum Gasteiger partial charge on any atom is -0.486 e. The molecule has 6 nitrogen and oxygen atoms in total. The van der Waals surface area contributed by atoms with Crippen LogP contribution in [0.5, 0.6) is 5.75 Å². The number of halogens is 3. The molecule has 174 valence electrons. The van der Waals surface area contributed by atoms with Crippen molar-refractivity contribution >= 4 is 23.4 Å². The lowest BCUT2D eigenvalue weighted by Gasteiger charge is -2.11. The molecular formula is C23H23F3N4O2S. The van der Waals surface area contributed by atoms with Gasteiger partial charge in [-0.2, -0.15) is 13.2 Å². The van der Waals surface area contributed by atoms with Gasteiger partial charge in [-0.05, 0) is 49.2 Å². The minimum absolute atomic E-state index is 0.0695. The first kappa shape index (κ1) is 24.4. The lowest BCUT2D eigenvalue weighted by atomic mass is 10.1. The van der Waals surface area contributed by atoms with Gasteiger partial charge in [0.1, 0.15) is 12.4 Å². The van der Waals surface area contributed by atoms with Crippen LogP contribution in [0.3, 0.4) is 0 Å². The smallest absolute Gasteiger partial charge is 0.416 e. The molecule has 10 heteroatoms. The molecule has 3 rings (SSSR count). The highest BCUT2D eigenvalue weighted by molar-refractivity contribution is 7.99. The summed E-state index contributed by atoms with van der Waals surface area (Å²) in [6.45, 7) is 7.85. The number of carbonyl (C=O) groups excluding carboxylic acids is 1. The van der Waals surface area contributed by atoms with Crippen LogP contribution in [-0.4, -0.2) is 26.4 Å². The van der Waals surface area contributed by atoms with Gasteiger partial charge in [-0.1, -0.05) is 36.0 Å². The lowest BCUT2D eigenvalue weighted by molar-refractivity contribution is -0.137. The Morgan fingerprint density at radius 2 is 2.00 bits per heavy atom. The van der Waals surface area contributed by atoms with Gasteiger partial charge in [0.05, 0.1) is 11.3 Å². The van der Waals surface area contributed by atoms with Crippen molar-refractivity contribution in [3.05, 3.63) is 77.6 Å². The van der Waals surface area contributed by atoms with Gasteiger partial charge in [-0.25, -0.2) is 0 Å². The van der Waals surface area contributed by atoms with Crippen LogP contribution in [0.2, 0.25) is 0 Å². The van der Waals surface area contributed by atoms with E-state index in [0.717, 1.165) is 28.9 Å². The Bertz CT molecular complexity index is 1140. The van der Waals surface area contributed by atoms with Crippen LogP contribution >= 0.6 is 11.8 Å². The van der Waals surface area contributed by atoms with Crippen molar-refractivity contribution in [2.75, 3.05) is 11.1 Å². The number of aromatic nitrogens is 3. The van der Waals surface area contributed by atoms with Crippen LogP contribution in [0.4, 0.5) is 18.9 Å². The third-order valence-corrected chi connectivity index (χ3v) is 5.60. The van der Waals surface area contributed by atoms with E-state index >= 15 is 0 Å². The van der Waals surface area contributed by atoms with Crippen LogP contribution in [0, 0.1) is 13.8 Å². The van der Waals surface area contributed by atoms with Crippen molar-refractivity contribution in [1.29, 1.82) is 0 Å². The summed E-state index contributed by atoms with van der Waals surface area (Å²) < 4.78 is 45.9.